The predicted molar refractivity (Wildman–Crippen MR) is 113 cm³/mol. The van der Waals surface area contributed by atoms with Crippen molar-refractivity contribution >= 4 is 27.5 Å². The molecule has 0 fully saturated rings. The van der Waals surface area contributed by atoms with Gasteiger partial charge < -0.3 is 9.64 Å². The summed E-state index contributed by atoms with van der Waals surface area (Å²) in [6, 6.07) is 25.2. The standard InChI is InChI=1S/C23H20N2O2S/c1-25(15-22-24-20-13-7-8-14-21(20)28-22)23(26)19-12-6-5-9-17(19)16-27-18-10-3-2-4-11-18/h2-14H,15-16H2,1H3. The Labute approximate surface area is 168 Å². The van der Waals surface area contributed by atoms with Crippen LogP contribution in [0.2, 0.25) is 0 Å². The van der Waals surface area contributed by atoms with E-state index >= 15 is 0 Å². The topological polar surface area (TPSA) is 42.4 Å². The molecule has 0 spiro atoms. The Kier molecular flexibility index (Phi) is 5.35. The van der Waals surface area contributed by atoms with E-state index in [1.165, 1.54) is 0 Å². The number of aromatic nitrogens is 1. The van der Waals surface area contributed by atoms with Crippen LogP contribution in [0.4, 0.5) is 0 Å². The molecule has 4 nitrogen and oxygen atoms in total. The zero-order chi connectivity index (χ0) is 19.3. The summed E-state index contributed by atoms with van der Waals surface area (Å²) in [4.78, 5) is 19.4. The lowest BCUT2D eigenvalue weighted by Gasteiger charge is -2.18. The number of ether oxygens (including phenoxy) is 1. The van der Waals surface area contributed by atoms with Crippen molar-refractivity contribution in [3.05, 3.63) is 95.0 Å². The minimum atomic E-state index is -0.0356. The van der Waals surface area contributed by atoms with E-state index in [0.29, 0.717) is 18.7 Å². The smallest absolute Gasteiger partial charge is 0.254 e. The lowest BCUT2D eigenvalue weighted by Crippen LogP contribution is -2.27. The van der Waals surface area contributed by atoms with Gasteiger partial charge in [-0.25, -0.2) is 4.98 Å². The molecule has 4 aromatic rings. The average Bonchev–Trinajstić information content (AvgIpc) is 3.15. The summed E-state index contributed by atoms with van der Waals surface area (Å²) >= 11 is 1.62. The Morgan fingerprint density at radius 3 is 2.50 bits per heavy atom. The van der Waals surface area contributed by atoms with Crippen LogP contribution in [-0.4, -0.2) is 22.8 Å². The molecule has 0 saturated heterocycles. The molecular weight excluding hydrogens is 368 g/mol. The molecule has 0 radical (unpaired) electrons. The van der Waals surface area contributed by atoms with Crippen molar-refractivity contribution in [2.45, 2.75) is 13.2 Å². The summed E-state index contributed by atoms with van der Waals surface area (Å²) in [5.74, 6) is 0.749. The van der Waals surface area contributed by atoms with Gasteiger partial charge in [0.15, 0.2) is 0 Å². The van der Waals surface area contributed by atoms with Crippen molar-refractivity contribution in [2.24, 2.45) is 0 Å². The molecule has 0 unspecified atom stereocenters. The number of fused-ring (bicyclic) bond motifs is 1. The second-order valence-electron chi connectivity index (χ2n) is 6.50. The van der Waals surface area contributed by atoms with E-state index in [-0.39, 0.29) is 5.91 Å². The minimum Gasteiger partial charge on any atom is -0.489 e. The molecule has 0 saturated carbocycles. The van der Waals surface area contributed by atoms with Crippen LogP contribution in [0.1, 0.15) is 20.9 Å². The number of amides is 1. The largest absolute Gasteiger partial charge is 0.489 e. The maximum Gasteiger partial charge on any atom is 0.254 e. The molecule has 0 bridgehead atoms. The number of para-hydroxylation sites is 2. The van der Waals surface area contributed by atoms with Gasteiger partial charge in [0.2, 0.25) is 0 Å². The zero-order valence-corrected chi connectivity index (χ0v) is 16.4. The molecular formula is C23H20N2O2S. The normalized spacial score (nSPS) is 10.8. The fourth-order valence-corrected chi connectivity index (χ4v) is 4.02. The fourth-order valence-electron chi connectivity index (χ4n) is 3.00. The highest BCUT2D eigenvalue weighted by Crippen LogP contribution is 2.23. The van der Waals surface area contributed by atoms with Gasteiger partial charge in [0.05, 0.1) is 16.8 Å². The zero-order valence-electron chi connectivity index (χ0n) is 15.5. The number of rotatable bonds is 6. The molecule has 0 aliphatic carbocycles. The van der Waals surface area contributed by atoms with E-state index in [0.717, 1.165) is 26.5 Å². The number of carbonyl (C=O) groups excluding carboxylic acids is 1. The van der Waals surface area contributed by atoms with E-state index < -0.39 is 0 Å². The van der Waals surface area contributed by atoms with E-state index in [9.17, 15) is 4.79 Å². The predicted octanol–water partition coefficient (Wildman–Crippen LogP) is 5.15. The Morgan fingerprint density at radius 1 is 0.964 bits per heavy atom. The summed E-state index contributed by atoms with van der Waals surface area (Å²) in [5, 5.41) is 0.926. The van der Waals surface area contributed by atoms with E-state index in [2.05, 4.69) is 11.1 Å². The van der Waals surface area contributed by atoms with Gasteiger partial charge in [-0.05, 0) is 30.3 Å². The van der Waals surface area contributed by atoms with Gasteiger partial charge in [-0.2, -0.15) is 0 Å². The van der Waals surface area contributed by atoms with Crippen molar-refractivity contribution in [2.75, 3.05) is 7.05 Å². The number of benzene rings is 3. The third-order valence-corrected chi connectivity index (χ3v) is 5.46. The van der Waals surface area contributed by atoms with Crippen LogP contribution in [-0.2, 0) is 13.2 Å². The van der Waals surface area contributed by atoms with Gasteiger partial charge in [0.25, 0.3) is 5.91 Å². The first-order chi connectivity index (χ1) is 13.7. The minimum absolute atomic E-state index is 0.0356. The quantitative estimate of drug-likeness (QED) is 0.459. The van der Waals surface area contributed by atoms with Crippen LogP contribution < -0.4 is 4.74 Å². The van der Waals surface area contributed by atoms with Gasteiger partial charge in [0.1, 0.15) is 17.4 Å². The Morgan fingerprint density at radius 2 is 1.68 bits per heavy atom. The monoisotopic (exact) mass is 388 g/mol. The molecule has 0 aliphatic rings. The van der Waals surface area contributed by atoms with Crippen LogP contribution >= 0.6 is 11.3 Å². The Balaban J connectivity index is 1.49. The van der Waals surface area contributed by atoms with Crippen LogP contribution in [0, 0.1) is 0 Å². The maximum absolute atomic E-state index is 13.0. The van der Waals surface area contributed by atoms with Crippen LogP contribution in [0.15, 0.2) is 78.9 Å². The second kappa shape index (κ2) is 8.23. The van der Waals surface area contributed by atoms with Crippen molar-refractivity contribution < 1.29 is 9.53 Å². The molecule has 3 aromatic carbocycles. The molecule has 5 heteroatoms. The maximum atomic E-state index is 13.0. The highest BCUT2D eigenvalue weighted by molar-refractivity contribution is 7.18. The molecule has 28 heavy (non-hydrogen) atoms. The first-order valence-electron chi connectivity index (χ1n) is 9.06. The average molecular weight is 388 g/mol. The lowest BCUT2D eigenvalue weighted by molar-refractivity contribution is 0.0782. The summed E-state index contributed by atoms with van der Waals surface area (Å²) in [6.45, 7) is 0.826. The SMILES string of the molecule is CN(Cc1nc2ccccc2s1)C(=O)c1ccccc1COc1ccccc1. The lowest BCUT2D eigenvalue weighted by atomic mass is 10.1. The highest BCUT2D eigenvalue weighted by Gasteiger charge is 2.17. The van der Waals surface area contributed by atoms with Gasteiger partial charge in [-0.15, -0.1) is 11.3 Å². The number of thiazole rings is 1. The number of carbonyl (C=O) groups is 1. The Hall–Kier alpha value is -3.18. The van der Waals surface area contributed by atoms with Crippen LogP contribution in [0.3, 0.4) is 0 Å². The number of hydrogen-bond donors (Lipinski definition) is 0. The van der Waals surface area contributed by atoms with Crippen LogP contribution in [0.5, 0.6) is 5.75 Å². The van der Waals surface area contributed by atoms with Gasteiger partial charge in [-0.3, -0.25) is 4.79 Å². The van der Waals surface area contributed by atoms with Crippen molar-refractivity contribution in [3.63, 3.8) is 0 Å². The van der Waals surface area contributed by atoms with E-state index in [1.54, 1.807) is 16.2 Å². The first kappa shape index (κ1) is 18.2. The summed E-state index contributed by atoms with van der Waals surface area (Å²) < 4.78 is 6.97. The van der Waals surface area contributed by atoms with E-state index in [1.807, 2.05) is 79.8 Å². The van der Waals surface area contributed by atoms with Crippen LogP contribution in [0.25, 0.3) is 10.2 Å². The molecule has 140 valence electrons. The molecule has 1 amide bonds. The summed E-state index contributed by atoms with van der Waals surface area (Å²) in [7, 11) is 1.81. The second-order valence-corrected chi connectivity index (χ2v) is 7.61. The Bertz CT molecular complexity index is 1060. The number of hydrogen-bond acceptors (Lipinski definition) is 4. The summed E-state index contributed by atoms with van der Waals surface area (Å²) in [5.41, 5.74) is 2.49. The van der Waals surface area contributed by atoms with E-state index in [4.69, 9.17) is 4.74 Å². The third kappa shape index (κ3) is 4.05. The van der Waals surface area contributed by atoms with Gasteiger partial charge in [0, 0.05) is 18.2 Å². The first-order valence-corrected chi connectivity index (χ1v) is 9.88. The third-order valence-electron chi connectivity index (χ3n) is 4.44. The van der Waals surface area contributed by atoms with Crippen molar-refractivity contribution in [1.82, 2.24) is 9.88 Å². The van der Waals surface area contributed by atoms with Gasteiger partial charge >= 0.3 is 0 Å². The van der Waals surface area contributed by atoms with Crippen molar-refractivity contribution in [3.8, 4) is 5.75 Å². The highest BCUT2D eigenvalue weighted by atomic mass is 32.1. The molecule has 0 atom stereocenters. The van der Waals surface area contributed by atoms with Gasteiger partial charge in [-0.1, -0.05) is 48.5 Å². The number of nitrogens with zero attached hydrogens (tertiary/aromatic N) is 2. The molecule has 0 aliphatic heterocycles. The molecule has 4 rings (SSSR count). The fraction of sp³-hybridized carbons (Fsp3) is 0.130. The molecule has 1 heterocycles. The van der Waals surface area contributed by atoms with Crippen molar-refractivity contribution in [1.29, 1.82) is 0 Å². The molecule has 1 aromatic heterocycles. The molecule has 0 N–H and O–H groups in total. The summed E-state index contributed by atoms with van der Waals surface area (Å²) in [6.07, 6.45) is 0.